The Bertz CT molecular complexity index is 1390. The summed E-state index contributed by atoms with van der Waals surface area (Å²) in [7, 11) is -2.54. The van der Waals surface area contributed by atoms with Crippen molar-refractivity contribution in [2.75, 3.05) is 0 Å². The fraction of sp³-hybridized carbons (Fsp3) is 0.125. The zero-order valence-corrected chi connectivity index (χ0v) is 24.4. The smallest absolute Gasteiger partial charge is 1.00 e. The van der Waals surface area contributed by atoms with Gasteiger partial charge in [0.05, 0.1) is 0 Å². The second-order valence-electron chi connectivity index (χ2n) is 9.81. The number of rotatable bonds is 2. The van der Waals surface area contributed by atoms with Gasteiger partial charge < -0.3 is 24.8 Å². The largest absolute Gasteiger partial charge is 1.00 e. The van der Waals surface area contributed by atoms with Crippen molar-refractivity contribution < 1.29 is 44.0 Å². The summed E-state index contributed by atoms with van der Waals surface area (Å²) in [5.74, 6) is 0. The average molecular weight is 557 g/mol. The fourth-order valence-electron chi connectivity index (χ4n) is 6.97. The van der Waals surface area contributed by atoms with Gasteiger partial charge >= 0.3 is 213 Å². The molecule has 3 aliphatic rings. The molecule has 7 rings (SSSR count). The number of benzene rings is 4. The summed E-state index contributed by atoms with van der Waals surface area (Å²) in [6.45, 7) is 4.95. The van der Waals surface area contributed by atoms with Gasteiger partial charge in [0.1, 0.15) is 0 Å². The molecule has 2 unspecified atom stereocenters. The first-order chi connectivity index (χ1) is 16.7. The molecule has 4 aromatic carbocycles. The molecule has 0 fully saturated rings. The minimum absolute atomic E-state index is 0. The van der Waals surface area contributed by atoms with E-state index in [1.807, 2.05) is 0 Å². The monoisotopic (exact) mass is 556 g/mol. The summed E-state index contributed by atoms with van der Waals surface area (Å²) in [4.78, 5) is 0. The third kappa shape index (κ3) is 3.30. The maximum absolute atomic E-state index is 2.54. The van der Waals surface area contributed by atoms with E-state index in [1.165, 1.54) is 21.5 Å². The molecule has 0 saturated carbocycles. The Labute approximate surface area is 236 Å². The van der Waals surface area contributed by atoms with Gasteiger partial charge in [-0.1, -0.05) is 0 Å². The predicted octanol–water partition coefficient (Wildman–Crippen LogP) is 0.489. The van der Waals surface area contributed by atoms with Crippen LogP contribution in [-0.4, -0.2) is 8.07 Å². The molecule has 176 valence electrons. The van der Waals surface area contributed by atoms with Crippen molar-refractivity contribution >= 4 is 28.8 Å². The minimum atomic E-state index is -2.54. The maximum Gasteiger partial charge on any atom is -1.00 e. The van der Waals surface area contributed by atoms with Gasteiger partial charge in [-0.2, -0.15) is 0 Å². The third-order valence-corrected chi connectivity index (χ3v) is 16.8. The Morgan fingerprint density at radius 2 is 0.861 bits per heavy atom. The Morgan fingerprint density at radius 3 is 1.28 bits per heavy atom. The normalized spacial score (nSPS) is 20.1. The molecule has 0 amide bonds. The van der Waals surface area contributed by atoms with Crippen molar-refractivity contribution in [2.45, 2.75) is 22.3 Å². The molecule has 0 nitrogen and oxygen atoms in total. The van der Waals surface area contributed by atoms with E-state index in [1.54, 1.807) is 32.7 Å². The number of hydrogen-bond acceptors (Lipinski definition) is 0. The first-order valence-corrected chi connectivity index (χ1v) is 16.0. The van der Waals surface area contributed by atoms with Gasteiger partial charge in [-0.15, -0.1) is 0 Å². The summed E-state index contributed by atoms with van der Waals surface area (Å²) in [5, 5.41) is 6.35. The average Bonchev–Trinajstić information content (AvgIpc) is 3.35. The molecule has 0 N–H and O–H groups in total. The van der Waals surface area contributed by atoms with Crippen LogP contribution in [0, 0.1) is 0 Å². The van der Waals surface area contributed by atoms with Crippen molar-refractivity contribution in [3.63, 3.8) is 0 Å². The van der Waals surface area contributed by atoms with E-state index in [-0.39, 0.29) is 44.0 Å². The van der Waals surface area contributed by atoms with E-state index in [0.29, 0.717) is 8.45 Å². The van der Waals surface area contributed by atoms with Gasteiger partial charge in [0, 0.05) is 0 Å². The molecule has 4 aromatic rings. The van der Waals surface area contributed by atoms with Crippen molar-refractivity contribution in [3.05, 3.63) is 143 Å². The van der Waals surface area contributed by atoms with Crippen LogP contribution in [0.2, 0.25) is 0 Å². The summed E-state index contributed by atoms with van der Waals surface area (Å²) in [5.41, 5.74) is 9.55. The van der Waals surface area contributed by atoms with Gasteiger partial charge in [-0.05, 0) is 0 Å². The molecule has 2 aliphatic carbocycles. The molecule has 0 radical (unpaired) electrons. The molecular weight excluding hydrogens is 531 g/mol. The molecule has 0 aromatic heterocycles. The molecule has 4 bridgehead atoms. The van der Waals surface area contributed by atoms with Crippen LogP contribution >= 0.6 is 0 Å². The van der Waals surface area contributed by atoms with E-state index in [4.69, 9.17) is 0 Å². The molecule has 36 heavy (non-hydrogen) atoms. The second kappa shape index (κ2) is 9.63. The van der Waals surface area contributed by atoms with Crippen LogP contribution in [0.1, 0.15) is 44.5 Å². The van der Waals surface area contributed by atoms with Crippen molar-refractivity contribution in [3.8, 4) is 0 Å². The molecule has 4 heteroatoms. The Balaban J connectivity index is 0.00000133. The topological polar surface area (TPSA) is 0 Å². The number of allylic oxidation sites excluding steroid dienone is 2. The van der Waals surface area contributed by atoms with Crippen LogP contribution in [0.15, 0.2) is 120 Å². The zero-order chi connectivity index (χ0) is 22.9. The van der Waals surface area contributed by atoms with Crippen LogP contribution < -0.4 is 35.2 Å². The van der Waals surface area contributed by atoms with Crippen LogP contribution in [0.5, 0.6) is 0 Å². The first kappa shape index (κ1) is 25.5. The van der Waals surface area contributed by atoms with Crippen LogP contribution in [0.3, 0.4) is 0 Å². The predicted molar refractivity (Wildman–Crippen MR) is 141 cm³/mol. The summed E-state index contributed by atoms with van der Waals surface area (Å²) in [6, 6.07) is 41.8. The second-order valence-corrected chi connectivity index (χ2v) is 15.8. The Morgan fingerprint density at radius 1 is 0.500 bits per heavy atom. The fourth-order valence-corrected chi connectivity index (χ4v) is 16.4. The Kier molecular flexibility index (Phi) is 6.83. The SMILES string of the molecule is CC1=C2c3ccccc3[CH]1[Ti+2][CH]1C(C)=C(c3ccccc31)[Si]2(c1ccccc1)c1ccccc1.[Cl-].[Cl-]. The first-order valence-electron chi connectivity index (χ1n) is 12.2. The van der Waals surface area contributed by atoms with Gasteiger partial charge in [0.25, 0.3) is 0 Å². The molecular formula is C32H26Cl2SiTi. The van der Waals surface area contributed by atoms with E-state index in [9.17, 15) is 0 Å². The maximum atomic E-state index is 2.47. The summed E-state index contributed by atoms with van der Waals surface area (Å²) < 4.78 is 1.22. The minimum Gasteiger partial charge on any atom is -1.00 e. The van der Waals surface area contributed by atoms with Crippen LogP contribution in [0.25, 0.3) is 10.4 Å². The number of hydrogen-bond donors (Lipinski definition) is 0. The van der Waals surface area contributed by atoms with Crippen LogP contribution in [0.4, 0.5) is 0 Å². The van der Waals surface area contributed by atoms with E-state index >= 15 is 0 Å². The molecule has 0 spiro atoms. The quantitative estimate of drug-likeness (QED) is 0.315. The Hall–Kier alpha value is -2.13. The van der Waals surface area contributed by atoms with Gasteiger partial charge in [0.2, 0.25) is 0 Å². The molecule has 2 atom stereocenters. The van der Waals surface area contributed by atoms with Gasteiger partial charge in [0.15, 0.2) is 0 Å². The standard InChI is InChI=1S/C32H26Si.2ClH.Ti/c1-23-21-25-13-9-11-19-29(25)31(23)33(27-15-5-3-6-16-27,28-17-7-4-8-18-28)32-24(2)22-26-14-10-12-20-30(26)32;;;/h3-22H,1-2H3;2*1H;/q;;;+2/p-2. The molecule has 1 heterocycles. The van der Waals surface area contributed by atoms with Crippen molar-refractivity contribution in [1.82, 2.24) is 0 Å². The van der Waals surface area contributed by atoms with Crippen molar-refractivity contribution in [2.24, 2.45) is 0 Å². The van der Waals surface area contributed by atoms with Crippen LogP contribution in [-0.2, 0) is 19.2 Å². The summed E-state index contributed by atoms with van der Waals surface area (Å²) >= 11 is -0.289. The van der Waals surface area contributed by atoms with E-state index in [2.05, 4.69) is 123 Å². The summed E-state index contributed by atoms with van der Waals surface area (Å²) in [6.07, 6.45) is 0. The van der Waals surface area contributed by atoms with Crippen molar-refractivity contribution in [1.29, 1.82) is 0 Å². The third-order valence-electron chi connectivity index (χ3n) is 8.23. The van der Waals surface area contributed by atoms with Gasteiger partial charge in [-0.3, -0.25) is 0 Å². The molecule has 1 aliphatic heterocycles. The zero-order valence-electron chi connectivity index (χ0n) is 20.3. The van der Waals surface area contributed by atoms with Gasteiger partial charge in [-0.25, -0.2) is 0 Å². The molecule has 0 saturated heterocycles. The number of fused-ring (bicyclic) bond motifs is 8. The van der Waals surface area contributed by atoms with E-state index < -0.39 is 8.07 Å². The number of halogens is 2. The van der Waals surface area contributed by atoms with E-state index in [0.717, 1.165) is 0 Å².